The summed E-state index contributed by atoms with van der Waals surface area (Å²) in [6.45, 7) is 8.61. The number of benzene rings is 1. The van der Waals surface area contributed by atoms with E-state index in [0.717, 1.165) is 12.1 Å². The minimum absolute atomic E-state index is 0.0755. The van der Waals surface area contributed by atoms with E-state index in [9.17, 15) is 4.79 Å². The molecule has 0 heterocycles. The summed E-state index contributed by atoms with van der Waals surface area (Å²) in [4.78, 5) is 12.0. The van der Waals surface area contributed by atoms with Gasteiger partial charge in [-0.2, -0.15) is 0 Å². The summed E-state index contributed by atoms with van der Waals surface area (Å²) in [6.07, 6.45) is 1.01. The molecule has 4 heteroatoms. The smallest absolute Gasteiger partial charge is 0.319 e. The summed E-state index contributed by atoms with van der Waals surface area (Å²) >= 11 is 0. The Hall–Kier alpha value is -1.55. The van der Waals surface area contributed by atoms with Crippen molar-refractivity contribution < 1.29 is 9.53 Å². The van der Waals surface area contributed by atoms with Gasteiger partial charge in [0, 0.05) is 12.8 Å². The predicted molar refractivity (Wildman–Crippen MR) is 85.7 cm³/mol. The van der Waals surface area contributed by atoms with Crippen molar-refractivity contribution in [2.75, 3.05) is 12.4 Å². The Morgan fingerprint density at radius 3 is 2.38 bits per heavy atom. The summed E-state index contributed by atoms with van der Waals surface area (Å²) in [5, 5.41) is 5.86. The van der Waals surface area contributed by atoms with Crippen molar-refractivity contribution in [1.82, 2.24) is 5.32 Å². The number of hydrogen-bond acceptors (Lipinski definition) is 2. The molecule has 0 bridgehead atoms. The number of anilines is 1. The maximum Gasteiger partial charge on any atom is 0.319 e. The summed E-state index contributed by atoms with van der Waals surface area (Å²) in [7, 11) is 1.70. The lowest BCUT2D eigenvalue weighted by molar-refractivity contribution is -0.0944. The van der Waals surface area contributed by atoms with E-state index in [2.05, 4.69) is 38.3 Å². The van der Waals surface area contributed by atoms with Crippen LogP contribution >= 0.6 is 0 Å². The van der Waals surface area contributed by atoms with Crippen molar-refractivity contribution in [2.45, 2.75) is 52.2 Å². The van der Waals surface area contributed by atoms with E-state index in [1.807, 2.05) is 24.3 Å². The molecule has 2 rings (SSSR count). The van der Waals surface area contributed by atoms with E-state index >= 15 is 0 Å². The molecule has 0 aromatic heterocycles. The van der Waals surface area contributed by atoms with Crippen LogP contribution in [0.2, 0.25) is 0 Å². The molecule has 1 aromatic carbocycles. The molecule has 2 N–H and O–H groups in total. The van der Waals surface area contributed by atoms with E-state index < -0.39 is 0 Å². The van der Waals surface area contributed by atoms with Gasteiger partial charge >= 0.3 is 6.03 Å². The Balaban J connectivity index is 1.88. The number of methoxy groups -OCH3 is 1. The fraction of sp³-hybridized carbons (Fsp3) is 0.588. The number of ether oxygens (including phenoxy) is 1. The van der Waals surface area contributed by atoms with Gasteiger partial charge in [-0.15, -0.1) is 0 Å². The van der Waals surface area contributed by atoms with Crippen molar-refractivity contribution in [3.63, 3.8) is 0 Å². The normalized spacial score (nSPS) is 23.5. The number of rotatable bonds is 4. The molecule has 0 saturated heterocycles. The molecule has 0 radical (unpaired) electrons. The maximum atomic E-state index is 12.0. The summed E-state index contributed by atoms with van der Waals surface area (Å²) in [5.41, 5.74) is 2.21. The van der Waals surface area contributed by atoms with Gasteiger partial charge in [-0.3, -0.25) is 0 Å². The molecule has 2 amide bonds. The Morgan fingerprint density at radius 2 is 1.90 bits per heavy atom. The van der Waals surface area contributed by atoms with Crippen molar-refractivity contribution in [3.05, 3.63) is 29.8 Å². The molecule has 116 valence electrons. The number of carbonyl (C=O) groups is 1. The lowest BCUT2D eigenvalue weighted by Crippen LogP contribution is -2.62. The van der Waals surface area contributed by atoms with Crippen LogP contribution in [0.1, 0.15) is 45.6 Å². The van der Waals surface area contributed by atoms with Crippen molar-refractivity contribution in [3.8, 4) is 0 Å². The SMILES string of the molecule is COC1C(NC(=O)Nc2ccc(C(C)C)cc2)CC1(C)C. The molecule has 1 aliphatic carbocycles. The van der Waals surface area contributed by atoms with Crippen LogP contribution in [0.25, 0.3) is 0 Å². The van der Waals surface area contributed by atoms with Gasteiger partial charge in [-0.1, -0.05) is 39.8 Å². The predicted octanol–water partition coefficient (Wildman–Crippen LogP) is 3.75. The lowest BCUT2D eigenvalue weighted by atomic mass is 9.65. The lowest BCUT2D eigenvalue weighted by Gasteiger charge is -2.50. The molecular formula is C17H26N2O2. The van der Waals surface area contributed by atoms with Crippen LogP contribution in [0.3, 0.4) is 0 Å². The minimum atomic E-state index is -0.171. The quantitative estimate of drug-likeness (QED) is 0.887. The molecule has 21 heavy (non-hydrogen) atoms. The zero-order valence-electron chi connectivity index (χ0n) is 13.6. The molecule has 1 fully saturated rings. The zero-order chi connectivity index (χ0) is 15.6. The van der Waals surface area contributed by atoms with Crippen LogP contribution in [-0.2, 0) is 4.74 Å². The van der Waals surface area contributed by atoms with Crippen molar-refractivity contribution in [2.24, 2.45) is 5.41 Å². The Bertz CT molecular complexity index is 494. The largest absolute Gasteiger partial charge is 0.379 e. The van der Waals surface area contributed by atoms with E-state index in [4.69, 9.17) is 4.74 Å². The molecule has 4 nitrogen and oxygen atoms in total. The summed E-state index contributed by atoms with van der Waals surface area (Å²) in [6, 6.07) is 7.88. The standard InChI is InChI=1S/C17H26N2O2/c1-11(2)12-6-8-13(9-7-12)18-16(20)19-14-10-17(3,4)15(14)21-5/h6-9,11,14-15H,10H2,1-5H3,(H2,18,19,20). The highest BCUT2D eigenvalue weighted by Crippen LogP contribution is 2.42. The van der Waals surface area contributed by atoms with Crippen LogP contribution < -0.4 is 10.6 Å². The summed E-state index contributed by atoms with van der Waals surface area (Å²) in [5.74, 6) is 0.493. The third-order valence-corrected chi connectivity index (χ3v) is 4.29. The van der Waals surface area contributed by atoms with Crippen LogP contribution in [0.5, 0.6) is 0 Å². The molecule has 1 aromatic rings. The third kappa shape index (κ3) is 3.56. The first-order valence-electron chi connectivity index (χ1n) is 7.54. The van der Waals surface area contributed by atoms with Gasteiger partial charge in [0.25, 0.3) is 0 Å². The third-order valence-electron chi connectivity index (χ3n) is 4.29. The number of amides is 2. The summed E-state index contributed by atoms with van der Waals surface area (Å²) < 4.78 is 5.46. The maximum absolute atomic E-state index is 12.0. The van der Waals surface area contributed by atoms with Crippen molar-refractivity contribution in [1.29, 1.82) is 0 Å². The molecule has 1 aliphatic rings. The Labute approximate surface area is 127 Å². The fourth-order valence-electron chi connectivity index (χ4n) is 3.07. The average Bonchev–Trinajstić information content (AvgIpc) is 2.38. The van der Waals surface area contributed by atoms with Gasteiger partial charge in [0.1, 0.15) is 0 Å². The van der Waals surface area contributed by atoms with Gasteiger partial charge in [0.2, 0.25) is 0 Å². The van der Waals surface area contributed by atoms with E-state index in [1.165, 1.54) is 5.56 Å². The fourth-order valence-corrected chi connectivity index (χ4v) is 3.07. The van der Waals surface area contributed by atoms with Crippen LogP contribution in [0, 0.1) is 5.41 Å². The number of carbonyl (C=O) groups excluding carboxylic acids is 1. The molecule has 1 saturated carbocycles. The van der Waals surface area contributed by atoms with Gasteiger partial charge < -0.3 is 15.4 Å². The monoisotopic (exact) mass is 290 g/mol. The topological polar surface area (TPSA) is 50.4 Å². The zero-order valence-corrected chi connectivity index (χ0v) is 13.6. The van der Waals surface area contributed by atoms with Crippen LogP contribution in [0.4, 0.5) is 10.5 Å². The first-order valence-corrected chi connectivity index (χ1v) is 7.54. The number of urea groups is 1. The Kier molecular flexibility index (Phi) is 4.57. The first kappa shape index (κ1) is 15.8. The van der Waals surface area contributed by atoms with Crippen molar-refractivity contribution >= 4 is 11.7 Å². The highest BCUT2D eigenvalue weighted by molar-refractivity contribution is 5.89. The second kappa shape index (κ2) is 6.06. The molecule has 2 atom stereocenters. The highest BCUT2D eigenvalue weighted by Gasteiger charge is 2.48. The second-order valence-corrected chi connectivity index (χ2v) is 6.83. The molecule has 0 aliphatic heterocycles. The van der Waals surface area contributed by atoms with Gasteiger partial charge in [0.05, 0.1) is 12.1 Å². The second-order valence-electron chi connectivity index (χ2n) is 6.83. The van der Waals surface area contributed by atoms with Gasteiger partial charge in [-0.25, -0.2) is 4.79 Å². The van der Waals surface area contributed by atoms with Crippen LogP contribution in [0.15, 0.2) is 24.3 Å². The van der Waals surface area contributed by atoms with E-state index in [1.54, 1.807) is 7.11 Å². The first-order chi connectivity index (χ1) is 9.83. The van der Waals surface area contributed by atoms with E-state index in [-0.39, 0.29) is 23.6 Å². The number of hydrogen-bond donors (Lipinski definition) is 2. The van der Waals surface area contributed by atoms with Crippen LogP contribution in [-0.4, -0.2) is 25.3 Å². The molecular weight excluding hydrogens is 264 g/mol. The minimum Gasteiger partial charge on any atom is -0.379 e. The molecule has 0 spiro atoms. The number of nitrogens with one attached hydrogen (secondary N) is 2. The Morgan fingerprint density at radius 1 is 1.29 bits per heavy atom. The average molecular weight is 290 g/mol. The highest BCUT2D eigenvalue weighted by atomic mass is 16.5. The molecule has 2 unspecified atom stereocenters. The van der Waals surface area contributed by atoms with Gasteiger partial charge in [0.15, 0.2) is 0 Å². The van der Waals surface area contributed by atoms with E-state index in [0.29, 0.717) is 5.92 Å². The van der Waals surface area contributed by atoms with Gasteiger partial charge in [-0.05, 0) is 35.4 Å².